The van der Waals surface area contributed by atoms with Crippen LogP contribution in [0.1, 0.15) is 33.6 Å². The Hall–Kier alpha value is -1.33. The number of hydrogen-bond donors (Lipinski definition) is 0. The highest BCUT2D eigenvalue weighted by Gasteiger charge is 2.42. The Kier molecular flexibility index (Phi) is 4.50. The molecule has 0 N–H and O–H groups in total. The average molecular weight is 286 g/mol. The van der Waals surface area contributed by atoms with Crippen LogP contribution in [0, 0.1) is 0 Å². The summed E-state index contributed by atoms with van der Waals surface area (Å²) >= 11 is 0. The van der Waals surface area contributed by atoms with Crippen LogP contribution in [0.3, 0.4) is 0 Å². The van der Waals surface area contributed by atoms with E-state index < -0.39 is 7.14 Å². The summed E-state index contributed by atoms with van der Waals surface area (Å²) in [5.74, 6) is 0. The Labute approximate surface area is 122 Å². The van der Waals surface area contributed by atoms with Gasteiger partial charge in [0.15, 0.2) is 0 Å². The fraction of sp³-hybridized carbons (Fsp3) is 0.333. The molecule has 0 spiro atoms. The minimum absolute atomic E-state index is 0.232. The lowest BCUT2D eigenvalue weighted by molar-refractivity contribution is 0.533. The second-order valence-corrected chi connectivity index (χ2v) is 9.30. The highest BCUT2D eigenvalue weighted by Crippen LogP contribution is 2.57. The van der Waals surface area contributed by atoms with Crippen LogP contribution in [0.25, 0.3) is 0 Å². The van der Waals surface area contributed by atoms with Gasteiger partial charge >= 0.3 is 0 Å². The SMILES string of the molecule is CCCC(C)(C)P(=O)(c1ccccc1)c1ccccc1. The Morgan fingerprint density at radius 2 is 1.25 bits per heavy atom. The van der Waals surface area contributed by atoms with Crippen molar-refractivity contribution < 1.29 is 4.57 Å². The van der Waals surface area contributed by atoms with Crippen LogP contribution < -0.4 is 10.6 Å². The summed E-state index contributed by atoms with van der Waals surface area (Å²) in [7, 11) is -2.64. The number of rotatable bonds is 5. The van der Waals surface area contributed by atoms with Crippen LogP contribution in [0.15, 0.2) is 60.7 Å². The van der Waals surface area contributed by atoms with Crippen molar-refractivity contribution in [3.63, 3.8) is 0 Å². The molecule has 0 aromatic heterocycles. The summed E-state index contributed by atoms with van der Waals surface area (Å²) in [6.45, 7) is 6.43. The van der Waals surface area contributed by atoms with Crippen LogP contribution in [0.4, 0.5) is 0 Å². The normalized spacial score (nSPS) is 12.3. The van der Waals surface area contributed by atoms with Crippen LogP contribution in [-0.2, 0) is 4.57 Å². The Balaban J connectivity index is 2.65. The molecular weight excluding hydrogens is 263 g/mol. The van der Waals surface area contributed by atoms with E-state index in [0.717, 1.165) is 23.5 Å². The molecule has 0 bridgehead atoms. The van der Waals surface area contributed by atoms with E-state index in [4.69, 9.17) is 0 Å². The molecule has 0 heterocycles. The van der Waals surface area contributed by atoms with Gasteiger partial charge in [-0.2, -0.15) is 0 Å². The number of benzene rings is 2. The molecular formula is C18H23OP. The average Bonchev–Trinajstić information content (AvgIpc) is 2.48. The topological polar surface area (TPSA) is 17.1 Å². The van der Waals surface area contributed by atoms with E-state index >= 15 is 0 Å². The summed E-state index contributed by atoms with van der Waals surface area (Å²) < 4.78 is 14.0. The fourth-order valence-corrected chi connectivity index (χ4v) is 6.31. The van der Waals surface area contributed by atoms with Crippen LogP contribution in [-0.4, -0.2) is 5.16 Å². The van der Waals surface area contributed by atoms with Crippen molar-refractivity contribution in [2.45, 2.75) is 38.8 Å². The van der Waals surface area contributed by atoms with Gasteiger partial charge < -0.3 is 4.57 Å². The van der Waals surface area contributed by atoms with Gasteiger partial charge in [0.2, 0.25) is 0 Å². The van der Waals surface area contributed by atoms with E-state index in [9.17, 15) is 4.57 Å². The Bertz CT molecular complexity index is 544. The maximum Gasteiger partial charge on any atom is 0.148 e. The Morgan fingerprint density at radius 1 is 0.850 bits per heavy atom. The predicted octanol–water partition coefficient (Wildman–Crippen LogP) is 4.58. The van der Waals surface area contributed by atoms with Crippen LogP contribution in [0.2, 0.25) is 0 Å². The van der Waals surface area contributed by atoms with Crippen molar-refractivity contribution in [2.24, 2.45) is 0 Å². The van der Waals surface area contributed by atoms with Crippen LogP contribution in [0.5, 0.6) is 0 Å². The Morgan fingerprint density at radius 3 is 1.60 bits per heavy atom. The molecule has 2 rings (SSSR count). The molecule has 0 aliphatic heterocycles. The third kappa shape index (κ3) is 2.60. The third-order valence-electron chi connectivity index (χ3n) is 3.95. The van der Waals surface area contributed by atoms with Crippen molar-refractivity contribution in [1.82, 2.24) is 0 Å². The molecule has 0 fully saturated rings. The molecule has 20 heavy (non-hydrogen) atoms. The van der Waals surface area contributed by atoms with Gasteiger partial charge in [0, 0.05) is 15.8 Å². The van der Waals surface area contributed by atoms with E-state index in [1.807, 2.05) is 60.7 Å². The smallest absolute Gasteiger partial charge is 0.148 e. The molecule has 0 saturated carbocycles. The summed E-state index contributed by atoms with van der Waals surface area (Å²) in [6.07, 6.45) is 1.99. The van der Waals surface area contributed by atoms with Crippen LogP contribution >= 0.6 is 7.14 Å². The molecule has 2 heteroatoms. The van der Waals surface area contributed by atoms with Gasteiger partial charge in [0.25, 0.3) is 0 Å². The summed E-state index contributed by atoms with van der Waals surface area (Å²) in [5.41, 5.74) is 0. The molecule has 0 atom stereocenters. The monoisotopic (exact) mass is 286 g/mol. The molecule has 0 aliphatic rings. The minimum Gasteiger partial charge on any atom is -0.313 e. The van der Waals surface area contributed by atoms with Gasteiger partial charge in [-0.15, -0.1) is 0 Å². The van der Waals surface area contributed by atoms with Crippen molar-refractivity contribution >= 4 is 17.8 Å². The quantitative estimate of drug-likeness (QED) is 0.735. The predicted molar refractivity (Wildman–Crippen MR) is 88.7 cm³/mol. The standard InChI is InChI=1S/C18H23OP/c1-4-15-18(2,3)20(19,16-11-7-5-8-12-16)17-13-9-6-10-14-17/h5-14H,4,15H2,1-3H3. The first-order chi connectivity index (χ1) is 9.52. The highest BCUT2D eigenvalue weighted by molar-refractivity contribution is 7.80. The van der Waals surface area contributed by atoms with Gasteiger partial charge in [-0.25, -0.2) is 0 Å². The van der Waals surface area contributed by atoms with E-state index in [2.05, 4.69) is 20.8 Å². The summed E-state index contributed by atoms with van der Waals surface area (Å²) in [4.78, 5) is 0. The van der Waals surface area contributed by atoms with Gasteiger partial charge in [-0.3, -0.25) is 0 Å². The molecule has 0 aliphatic carbocycles. The van der Waals surface area contributed by atoms with Crippen molar-refractivity contribution in [2.75, 3.05) is 0 Å². The molecule has 2 aromatic carbocycles. The van der Waals surface area contributed by atoms with Gasteiger partial charge in [-0.05, 0) is 6.42 Å². The summed E-state index contributed by atoms with van der Waals surface area (Å²) in [6, 6.07) is 19.9. The van der Waals surface area contributed by atoms with E-state index in [1.165, 1.54) is 0 Å². The van der Waals surface area contributed by atoms with Gasteiger partial charge in [-0.1, -0.05) is 87.9 Å². The van der Waals surface area contributed by atoms with Crippen molar-refractivity contribution in [3.8, 4) is 0 Å². The first-order valence-electron chi connectivity index (χ1n) is 7.24. The zero-order valence-corrected chi connectivity index (χ0v) is 13.4. The summed E-state index contributed by atoms with van der Waals surface area (Å²) in [5, 5.41) is 1.69. The molecule has 2 aromatic rings. The van der Waals surface area contributed by atoms with Crippen molar-refractivity contribution in [3.05, 3.63) is 60.7 Å². The van der Waals surface area contributed by atoms with E-state index in [1.54, 1.807) is 0 Å². The maximum absolute atomic E-state index is 14.0. The minimum atomic E-state index is -2.64. The second-order valence-electron chi connectivity index (χ2n) is 5.84. The lowest BCUT2D eigenvalue weighted by atomic mass is 10.1. The first-order valence-corrected chi connectivity index (χ1v) is 8.94. The van der Waals surface area contributed by atoms with Gasteiger partial charge in [0.05, 0.1) is 0 Å². The van der Waals surface area contributed by atoms with Gasteiger partial charge in [0.1, 0.15) is 7.14 Å². The number of hydrogen-bond acceptors (Lipinski definition) is 1. The fourth-order valence-electron chi connectivity index (χ4n) is 2.89. The molecule has 1 nitrogen and oxygen atoms in total. The molecule has 0 radical (unpaired) electrons. The molecule has 0 unspecified atom stereocenters. The van der Waals surface area contributed by atoms with Crippen molar-refractivity contribution in [1.29, 1.82) is 0 Å². The van der Waals surface area contributed by atoms with E-state index in [-0.39, 0.29) is 5.16 Å². The first kappa shape index (κ1) is 15.1. The zero-order valence-electron chi connectivity index (χ0n) is 12.5. The lowest BCUT2D eigenvalue weighted by Gasteiger charge is -2.35. The molecule has 0 amide bonds. The lowest BCUT2D eigenvalue weighted by Crippen LogP contribution is -2.33. The second kappa shape index (κ2) is 5.97. The highest BCUT2D eigenvalue weighted by atomic mass is 31.2. The molecule has 106 valence electrons. The third-order valence-corrected chi connectivity index (χ3v) is 7.93. The largest absolute Gasteiger partial charge is 0.313 e. The molecule has 0 saturated heterocycles. The maximum atomic E-state index is 14.0. The van der Waals surface area contributed by atoms with E-state index in [0.29, 0.717) is 0 Å². The zero-order chi connectivity index (χ0) is 14.6.